The Hall–Kier alpha value is -1.92. The van der Waals surface area contributed by atoms with Crippen molar-refractivity contribution in [1.82, 2.24) is 9.97 Å². The van der Waals surface area contributed by atoms with Gasteiger partial charge in [-0.05, 0) is 0 Å². The summed E-state index contributed by atoms with van der Waals surface area (Å²) in [5.41, 5.74) is 8.80. The van der Waals surface area contributed by atoms with Crippen molar-refractivity contribution in [2.24, 2.45) is 0 Å². The van der Waals surface area contributed by atoms with Crippen molar-refractivity contribution in [3.63, 3.8) is 0 Å². The van der Waals surface area contributed by atoms with E-state index in [1.807, 2.05) is 24.3 Å². The average molecular weight is 334 g/mol. The van der Waals surface area contributed by atoms with Gasteiger partial charge in [0.1, 0.15) is 0 Å². The molecule has 0 aliphatic heterocycles. The molecule has 0 saturated carbocycles. The van der Waals surface area contributed by atoms with Gasteiger partial charge in [-0.15, -0.1) is 0 Å². The second kappa shape index (κ2) is 4.82. The summed E-state index contributed by atoms with van der Waals surface area (Å²) in [6, 6.07) is 18.9. The molecule has 0 aliphatic rings. The van der Waals surface area contributed by atoms with E-state index in [9.17, 15) is 0 Å². The number of fused-ring (bicyclic) bond motifs is 4. The quantitative estimate of drug-likeness (QED) is 0.300. The fraction of sp³-hybridized carbons (Fsp3) is 0.111. The Balaban J connectivity index is 2.27. The third kappa shape index (κ3) is 2.02. The number of nitrogens with zero attached hydrogens (tertiary/aromatic N) is 2. The molecule has 3 aromatic carbocycles. The standard InChI is InChI=1S/C18H15AsN2/c1-19(2)14-11-12-7-3-4-8-13(12)17-18(14)21-16-10-6-5-9-15(16)20-17/h3-11H,1-2H3. The fourth-order valence-corrected chi connectivity index (χ4v) is 4.81. The van der Waals surface area contributed by atoms with Gasteiger partial charge in [0.15, 0.2) is 0 Å². The van der Waals surface area contributed by atoms with Crippen LogP contribution in [-0.4, -0.2) is 24.6 Å². The molecule has 0 saturated heterocycles. The summed E-state index contributed by atoms with van der Waals surface area (Å²) in [4.78, 5) is 9.83. The summed E-state index contributed by atoms with van der Waals surface area (Å²) < 4.78 is 1.41. The summed E-state index contributed by atoms with van der Waals surface area (Å²) in [6.07, 6.45) is 0. The summed E-state index contributed by atoms with van der Waals surface area (Å²) in [6.45, 7) is 0. The van der Waals surface area contributed by atoms with Crippen LogP contribution >= 0.6 is 0 Å². The van der Waals surface area contributed by atoms with Gasteiger partial charge in [0, 0.05) is 0 Å². The summed E-state index contributed by atoms with van der Waals surface area (Å²) in [5.74, 6) is 0. The van der Waals surface area contributed by atoms with Crippen LogP contribution in [0.3, 0.4) is 0 Å². The predicted molar refractivity (Wildman–Crippen MR) is 91.7 cm³/mol. The first-order valence-electron chi connectivity index (χ1n) is 6.99. The van der Waals surface area contributed by atoms with Gasteiger partial charge in [0.2, 0.25) is 0 Å². The van der Waals surface area contributed by atoms with Gasteiger partial charge in [-0.25, -0.2) is 0 Å². The minimum atomic E-state index is -1.04. The van der Waals surface area contributed by atoms with Crippen molar-refractivity contribution in [2.45, 2.75) is 11.4 Å². The molecule has 1 aromatic heterocycles. The van der Waals surface area contributed by atoms with E-state index >= 15 is 0 Å². The number of hydrogen-bond donors (Lipinski definition) is 0. The molecule has 0 radical (unpaired) electrons. The molecule has 0 fully saturated rings. The van der Waals surface area contributed by atoms with Crippen LogP contribution in [0.25, 0.3) is 32.8 Å². The molecule has 0 atom stereocenters. The molecule has 102 valence electrons. The van der Waals surface area contributed by atoms with Crippen molar-refractivity contribution < 1.29 is 0 Å². The first-order chi connectivity index (χ1) is 10.2. The number of aromatic nitrogens is 2. The van der Waals surface area contributed by atoms with Crippen molar-refractivity contribution in [2.75, 3.05) is 0 Å². The van der Waals surface area contributed by atoms with Gasteiger partial charge in [0.25, 0.3) is 0 Å². The Labute approximate surface area is 128 Å². The van der Waals surface area contributed by atoms with E-state index in [0.717, 1.165) is 22.1 Å². The maximum atomic E-state index is 4.92. The predicted octanol–water partition coefficient (Wildman–Crippen LogP) is 3.90. The second-order valence-electron chi connectivity index (χ2n) is 5.42. The van der Waals surface area contributed by atoms with Gasteiger partial charge >= 0.3 is 128 Å². The van der Waals surface area contributed by atoms with Gasteiger partial charge in [-0.1, -0.05) is 0 Å². The van der Waals surface area contributed by atoms with Crippen LogP contribution in [0.4, 0.5) is 0 Å². The summed E-state index contributed by atoms with van der Waals surface area (Å²) in [5, 5.41) is 2.47. The molecule has 4 aromatic rings. The molecule has 0 amide bonds. The van der Waals surface area contributed by atoms with Crippen LogP contribution < -0.4 is 4.35 Å². The topological polar surface area (TPSA) is 25.8 Å². The Morgan fingerprint density at radius 1 is 0.762 bits per heavy atom. The molecule has 3 heteroatoms. The SMILES string of the molecule is C[As](C)c1cc2ccccc2c2nc3ccccc3nc12. The van der Waals surface area contributed by atoms with Crippen molar-refractivity contribution in [3.05, 3.63) is 54.6 Å². The van der Waals surface area contributed by atoms with Gasteiger partial charge in [-0.3, -0.25) is 0 Å². The van der Waals surface area contributed by atoms with Crippen LogP contribution in [0.5, 0.6) is 0 Å². The zero-order valence-corrected chi connectivity index (χ0v) is 13.9. The van der Waals surface area contributed by atoms with E-state index in [2.05, 4.69) is 41.8 Å². The first-order valence-corrected chi connectivity index (χ1v) is 11.7. The minimum absolute atomic E-state index is 0.971. The van der Waals surface area contributed by atoms with E-state index in [1.165, 1.54) is 15.1 Å². The third-order valence-corrected chi connectivity index (χ3v) is 6.54. The Morgan fingerprint density at radius 2 is 1.38 bits per heavy atom. The molecule has 0 unspecified atom stereocenters. The average Bonchev–Trinajstić information content (AvgIpc) is 2.52. The first kappa shape index (κ1) is 12.8. The van der Waals surface area contributed by atoms with E-state index in [-0.39, 0.29) is 0 Å². The Bertz CT molecular complexity index is 976. The molecule has 0 spiro atoms. The van der Waals surface area contributed by atoms with Gasteiger partial charge in [0.05, 0.1) is 0 Å². The number of benzene rings is 3. The number of para-hydroxylation sites is 2. The van der Waals surface area contributed by atoms with Crippen molar-refractivity contribution in [1.29, 1.82) is 0 Å². The van der Waals surface area contributed by atoms with E-state index in [4.69, 9.17) is 9.97 Å². The van der Waals surface area contributed by atoms with E-state index in [1.54, 1.807) is 0 Å². The molecular formula is C18H15AsN2. The Kier molecular flexibility index (Phi) is 2.94. The summed E-state index contributed by atoms with van der Waals surface area (Å²) in [7, 11) is 0. The molecule has 2 nitrogen and oxygen atoms in total. The molecule has 0 aliphatic carbocycles. The molecule has 0 N–H and O–H groups in total. The van der Waals surface area contributed by atoms with Crippen LogP contribution in [0, 0.1) is 0 Å². The molecule has 21 heavy (non-hydrogen) atoms. The zero-order valence-electron chi connectivity index (χ0n) is 12.0. The normalized spacial score (nSPS) is 11.8. The molecule has 4 rings (SSSR count). The molecular weight excluding hydrogens is 319 g/mol. The molecule has 0 bridgehead atoms. The van der Waals surface area contributed by atoms with Crippen LogP contribution in [0.15, 0.2) is 54.6 Å². The number of hydrogen-bond acceptors (Lipinski definition) is 2. The maximum absolute atomic E-state index is 4.92. The fourth-order valence-electron chi connectivity index (χ4n) is 2.76. The monoisotopic (exact) mass is 334 g/mol. The summed E-state index contributed by atoms with van der Waals surface area (Å²) >= 11 is -1.04. The Morgan fingerprint density at radius 3 is 2.10 bits per heavy atom. The van der Waals surface area contributed by atoms with Gasteiger partial charge in [-0.2, -0.15) is 0 Å². The van der Waals surface area contributed by atoms with Crippen molar-refractivity contribution >= 4 is 51.8 Å². The zero-order chi connectivity index (χ0) is 14.4. The van der Waals surface area contributed by atoms with Crippen LogP contribution in [0.1, 0.15) is 0 Å². The number of rotatable bonds is 1. The second-order valence-corrected chi connectivity index (χ2v) is 10.2. The molecule has 1 heterocycles. The van der Waals surface area contributed by atoms with Crippen LogP contribution in [-0.2, 0) is 0 Å². The van der Waals surface area contributed by atoms with Crippen molar-refractivity contribution in [3.8, 4) is 0 Å². The van der Waals surface area contributed by atoms with E-state index < -0.39 is 14.7 Å². The van der Waals surface area contributed by atoms with E-state index in [0.29, 0.717) is 0 Å². The van der Waals surface area contributed by atoms with Crippen LogP contribution in [0.2, 0.25) is 11.4 Å². The van der Waals surface area contributed by atoms with Gasteiger partial charge < -0.3 is 0 Å². The third-order valence-electron chi connectivity index (χ3n) is 3.80.